The number of aromatic nitrogens is 2. The molecule has 1 N–H and O–H groups in total. The summed E-state index contributed by atoms with van der Waals surface area (Å²) in [5.41, 5.74) is 0.332. The van der Waals surface area contributed by atoms with Crippen LogP contribution in [0.1, 0.15) is 27.2 Å². The zero-order valence-corrected chi connectivity index (χ0v) is 9.60. The fourth-order valence-corrected chi connectivity index (χ4v) is 1.14. The summed E-state index contributed by atoms with van der Waals surface area (Å²) in [6.07, 6.45) is 4.28. The molecule has 0 aliphatic rings. The van der Waals surface area contributed by atoms with Gasteiger partial charge in [-0.05, 0) is 11.8 Å². The predicted molar refractivity (Wildman–Crippen MR) is 59.6 cm³/mol. The molecule has 0 atom stereocenters. The molecule has 0 amide bonds. The maximum absolute atomic E-state index is 5.70. The van der Waals surface area contributed by atoms with Crippen LogP contribution < -0.4 is 5.32 Å². The first-order valence-corrected chi connectivity index (χ1v) is 5.07. The van der Waals surface area contributed by atoms with Gasteiger partial charge in [-0.2, -0.15) is 0 Å². The minimum Gasteiger partial charge on any atom is -0.369 e. The molecule has 0 aliphatic heterocycles. The molecule has 3 nitrogen and oxygen atoms in total. The monoisotopic (exact) mass is 213 g/mol. The molecule has 78 valence electrons. The van der Waals surface area contributed by atoms with E-state index in [1.165, 1.54) is 6.20 Å². The largest absolute Gasteiger partial charge is 0.369 e. The molecule has 0 saturated heterocycles. The van der Waals surface area contributed by atoms with E-state index in [0.717, 1.165) is 18.8 Å². The van der Waals surface area contributed by atoms with Crippen molar-refractivity contribution in [2.24, 2.45) is 5.41 Å². The Balaban J connectivity index is 2.39. The summed E-state index contributed by atoms with van der Waals surface area (Å²) in [5, 5.41) is 3.61. The van der Waals surface area contributed by atoms with Crippen molar-refractivity contribution in [1.29, 1.82) is 0 Å². The second-order valence-corrected chi connectivity index (χ2v) is 4.85. The van der Waals surface area contributed by atoms with Crippen LogP contribution in [0.25, 0.3) is 0 Å². The number of hydrogen-bond donors (Lipinski definition) is 1. The molecule has 1 rings (SSSR count). The number of hydrogen-bond acceptors (Lipinski definition) is 3. The van der Waals surface area contributed by atoms with E-state index in [0.29, 0.717) is 10.6 Å². The van der Waals surface area contributed by atoms with Crippen molar-refractivity contribution >= 4 is 17.4 Å². The van der Waals surface area contributed by atoms with Crippen LogP contribution in [0.4, 0.5) is 5.82 Å². The lowest BCUT2D eigenvalue weighted by Crippen LogP contribution is -2.13. The molecule has 0 aliphatic carbocycles. The van der Waals surface area contributed by atoms with E-state index in [4.69, 9.17) is 11.6 Å². The van der Waals surface area contributed by atoms with Crippen molar-refractivity contribution in [3.05, 3.63) is 17.5 Å². The van der Waals surface area contributed by atoms with Crippen molar-refractivity contribution < 1.29 is 0 Å². The molecule has 0 spiro atoms. The highest BCUT2D eigenvalue weighted by molar-refractivity contribution is 6.29. The smallest absolute Gasteiger partial charge is 0.149 e. The normalized spacial score (nSPS) is 11.4. The van der Waals surface area contributed by atoms with Crippen LogP contribution in [-0.2, 0) is 0 Å². The van der Waals surface area contributed by atoms with Gasteiger partial charge in [0.2, 0.25) is 0 Å². The fraction of sp³-hybridized carbons (Fsp3) is 0.600. The molecule has 0 aromatic carbocycles. The highest BCUT2D eigenvalue weighted by Crippen LogP contribution is 2.18. The van der Waals surface area contributed by atoms with E-state index in [1.807, 2.05) is 0 Å². The summed E-state index contributed by atoms with van der Waals surface area (Å²) in [6.45, 7) is 7.51. The van der Waals surface area contributed by atoms with Gasteiger partial charge in [-0.3, -0.25) is 4.98 Å². The predicted octanol–water partition coefficient (Wildman–Crippen LogP) is 2.98. The molecule has 1 heterocycles. The Bertz CT molecular complexity index is 294. The fourth-order valence-electron chi connectivity index (χ4n) is 0.993. The number of anilines is 1. The molecule has 14 heavy (non-hydrogen) atoms. The molecule has 0 radical (unpaired) electrons. The molecule has 0 unspecified atom stereocenters. The summed E-state index contributed by atoms with van der Waals surface area (Å²) in [6, 6.07) is 0. The third-order valence-corrected chi connectivity index (χ3v) is 1.97. The van der Waals surface area contributed by atoms with E-state index >= 15 is 0 Å². The Morgan fingerprint density at radius 3 is 2.64 bits per heavy atom. The number of halogens is 1. The highest BCUT2D eigenvalue weighted by atomic mass is 35.5. The van der Waals surface area contributed by atoms with Gasteiger partial charge in [0.15, 0.2) is 0 Å². The lowest BCUT2D eigenvalue weighted by atomic mass is 9.92. The van der Waals surface area contributed by atoms with Crippen LogP contribution in [-0.4, -0.2) is 16.5 Å². The number of nitrogens with zero attached hydrogens (tertiary/aromatic N) is 2. The summed E-state index contributed by atoms with van der Waals surface area (Å²) in [7, 11) is 0. The average Bonchev–Trinajstić information content (AvgIpc) is 2.01. The van der Waals surface area contributed by atoms with Gasteiger partial charge in [0.1, 0.15) is 11.0 Å². The van der Waals surface area contributed by atoms with Crippen LogP contribution in [0.2, 0.25) is 5.15 Å². The average molecular weight is 214 g/mol. The first kappa shape index (κ1) is 11.2. The van der Waals surface area contributed by atoms with E-state index in [-0.39, 0.29) is 0 Å². The van der Waals surface area contributed by atoms with Gasteiger partial charge in [0.05, 0.1) is 12.4 Å². The van der Waals surface area contributed by atoms with Gasteiger partial charge in [-0.1, -0.05) is 32.4 Å². The highest BCUT2D eigenvalue weighted by Gasteiger charge is 2.09. The first-order chi connectivity index (χ1) is 6.47. The van der Waals surface area contributed by atoms with E-state index in [1.54, 1.807) is 6.20 Å². The van der Waals surface area contributed by atoms with Gasteiger partial charge in [-0.25, -0.2) is 4.98 Å². The lowest BCUT2D eigenvalue weighted by Gasteiger charge is -2.18. The summed E-state index contributed by atoms with van der Waals surface area (Å²) in [4.78, 5) is 8.03. The molecule has 1 aromatic heterocycles. The van der Waals surface area contributed by atoms with Crippen molar-refractivity contribution in [2.45, 2.75) is 27.2 Å². The van der Waals surface area contributed by atoms with Crippen LogP contribution >= 0.6 is 11.6 Å². The Hall–Kier alpha value is -0.830. The second-order valence-electron chi connectivity index (χ2n) is 4.46. The summed E-state index contributed by atoms with van der Waals surface area (Å²) in [5.74, 6) is 0.738. The third-order valence-electron chi connectivity index (χ3n) is 1.79. The minimum absolute atomic E-state index is 0.332. The Morgan fingerprint density at radius 1 is 1.36 bits per heavy atom. The SMILES string of the molecule is CC(C)(C)CCNc1cncc(Cl)n1. The van der Waals surface area contributed by atoms with E-state index < -0.39 is 0 Å². The zero-order chi connectivity index (χ0) is 10.6. The Kier molecular flexibility index (Phi) is 3.69. The van der Waals surface area contributed by atoms with Crippen molar-refractivity contribution in [3.8, 4) is 0 Å². The van der Waals surface area contributed by atoms with Crippen molar-refractivity contribution in [3.63, 3.8) is 0 Å². The lowest BCUT2D eigenvalue weighted by molar-refractivity contribution is 0.389. The first-order valence-electron chi connectivity index (χ1n) is 4.69. The standard InChI is InChI=1S/C10H16ClN3/c1-10(2,3)4-5-13-9-7-12-6-8(11)14-9/h6-7H,4-5H2,1-3H3,(H,13,14). The second kappa shape index (κ2) is 4.60. The molecular weight excluding hydrogens is 198 g/mol. The van der Waals surface area contributed by atoms with Gasteiger partial charge in [0.25, 0.3) is 0 Å². The molecule has 0 fully saturated rings. The zero-order valence-electron chi connectivity index (χ0n) is 8.84. The Morgan fingerprint density at radius 2 is 2.07 bits per heavy atom. The van der Waals surface area contributed by atoms with E-state index in [2.05, 4.69) is 36.1 Å². The summed E-state index contributed by atoms with van der Waals surface area (Å²) >= 11 is 5.70. The van der Waals surface area contributed by atoms with Gasteiger partial charge in [0, 0.05) is 6.54 Å². The van der Waals surface area contributed by atoms with Crippen molar-refractivity contribution in [1.82, 2.24) is 9.97 Å². The molecule has 4 heteroatoms. The van der Waals surface area contributed by atoms with Crippen LogP contribution in [0.15, 0.2) is 12.4 Å². The van der Waals surface area contributed by atoms with Crippen LogP contribution in [0.5, 0.6) is 0 Å². The van der Waals surface area contributed by atoms with Gasteiger partial charge >= 0.3 is 0 Å². The topological polar surface area (TPSA) is 37.8 Å². The number of rotatable bonds is 3. The minimum atomic E-state index is 0.332. The summed E-state index contributed by atoms with van der Waals surface area (Å²) < 4.78 is 0. The van der Waals surface area contributed by atoms with Gasteiger partial charge in [-0.15, -0.1) is 0 Å². The van der Waals surface area contributed by atoms with Gasteiger partial charge < -0.3 is 5.32 Å². The van der Waals surface area contributed by atoms with E-state index in [9.17, 15) is 0 Å². The maximum atomic E-state index is 5.70. The van der Waals surface area contributed by atoms with Crippen LogP contribution in [0, 0.1) is 5.41 Å². The Labute approximate surface area is 89.9 Å². The number of nitrogens with one attached hydrogen (secondary N) is 1. The third kappa shape index (κ3) is 4.42. The molecule has 0 bridgehead atoms. The molecular formula is C10H16ClN3. The molecule has 0 saturated carbocycles. The van der Waals surface area contributed by atoms with Crippen LogP contribution in [0.3, 0.4) is 0 Å². The quantitative estimate of drug-likeness (QED) is 0.839. The molecule has 1 aromatic rings. The van der Waals surface area contributed by atoms with Crippen molar-refractivity contribution in [2.75, 3.05) is 11.9 Å². The maximum Gasteiger partial charge on any atom is 0.149 e.